The fourth-order valence-electron chi connectivity index (χ4n) is 1.19. The van der Waals surface area contributed by atoms with Crippen LogP contribution in [0.5, 0.6) is 5.75 Å². The molecule has 3 heteroatoms. The van der Waals surface area contributed by atoms with Crippen molar-refractivity contribution in [2.24, 2.45) is 0 Å². The third-order valence-electron chi connectivity index (χ3n) is 1.82. The summed E-state index contributed by atoms with van der Waals surface area (Å²) in [4.78, 5) is 0. The number of furan rings is 1. The number of nitrogen functional groups attached to an aromatic ring is 1. The van der Waals surface area contributed by atoms with Crippen LogP contribution < -0.4 is 5.73 Å². The number of phenolic OH excluding ortho intramolecular Hbond substituents is 1. The topological polar surface area (TPSA) is 59.4 Å². The van der Waals surface area contributed by atoms with Crippen LogP contribution in [-0.4, -0.2) is 5.11 Å². The Morgan fingerprint density at radius 2 is 2.08 bits per heavy atom. The van der Waals surface area contributed by atoms with E-state index in [1.165, 1.54) is 0 Å². The SMILES string of the molecule is Nc1ccc(O)cc1-c1ccco1. The lowest BCUT2D eigenvalue weighted by atomic mass is 10.1. The van der Waals surface area contributed by atoms with E-state index in [4.69, 9.17) is 10.2 Å². The molecule has 1 heterocycles. The third-order valence-corrected chi connectivity index (χ3v) is 1.82. The van der Waals surface area contributed by atoms with Crippen molar-refractivity contribution in [2.45, 2.75) is 0 Å². The van der Waals surface area contributed by atoms with E-state index in [2.05, 4.69) is 0 Å². The molecule has 3 nitrogen and oxygen atoms in total. The highest BCUT2D eigenvalue weighted by Gasteiger charge is 2.05. The highest BCUT2D eigenvalue weighted by atomic mass is 16.3. The van der Waals surface area contributed by atoms with Gasteiger partial charge in [-0.2, -0.15) is 0 Å². The van der Waals surface area contributed by atoms with E-state index in [1.807, 2.05) is 0 Å². The molecular weight excluding hydrogens is 166 g/mol. The predicted molar refractivity (Wildman–Crippen MR) is 50.2 cm³/mol. The number of anilines is 1. The Balaban J connectivity index is 2.57. The van der Waals surface area contributed by atoms with Crippen LogP contribution in [0.4, 0.5) is 5.69 Å². The first-order valence-electron chi connectivity index (χ1n) is 3.90. The van der Waals surface area contributed by atoms with Crippen molar-refractivity contribution < 1.29 is 9.52 Å². The number of rotatable bonds is 1. The summed E-state index contributed by atoms with van der Waals surface area (Å²) < 4.78 is 5.16. The van der Waals surface area contributed by atoms with Gasteiger partial charge in [-0.15, -0.1) is 0 Å². The molecule has 0 aliphatic carbocycles. The van der Waals surface area contributed by atoms with Gasteiger partial charge in [-0.3, -0.25) is 0 Å². The van der Waals surface area contributed by atoms with Gasteiger partial charge in [-0.25, -0.2) is 0 Å². The molecule has 0 spiro atoms. The van der Waals surface area contributed by atoms with Gasteiger partial charge in [0.15, 0.2) is 0 Å². The van der Waals surface area contributed by atoms with Crippen LogP contribution in [0.15, 0.2) is 41.0 Å². The Morgan fingerprint density at radius 3 is 2.77 bits per heavy atom. The number of hydrogen-bond acceptors (Lipinski definition) is 3. The second-order valence-electron chi connectivity index (χ2n) is 2.75. The molecule has 0 unspecified atom stereocenters. The zero-order chi connectivity index (χ0) is 9.26. The summed E-state index contributed by atoms with van der Waals surface area (Å²) in [6, 6.07) is 8.34. The Labute approximate surface area is 75.4 Å². The Morgan fingerprint density at radius 1 is 1.23 bits per heavy atom. The highest BCUT2D eigenvalue weighted by Crippen LogP contribution is 2.29. The van der Waals surface area contributed by atoms with Crippen molar-refractivity contribution in [2.75, 3.05) is 5.73 Å². The van der Waals surface area contributed by atoms with E-state index in [0.29, 0.717) is 17.0 Å². The van der Waals surface area contributed by atoms with Crippen molar-refractivity contribution in [3.63, 3.8) is 0 Å². The summed E-state index contributed by atoms with van der Waals surface area (Å²) in [5.41, 5.74) is 7.01. The normalized spacial score (nSPS) is 10.2. The van der Waals surface area contributed by atoms with Gasteiger partial charge in [0.2, 0.25) is 0 Å². The molecule has 0 fully saturated rings. The van der Waals surface area contributed by atoms with Gasteiger partial charge in [-0.05, 0) is 30.3 Å². The molecule has 2 rings (SSSR count). The number of benzene rings is 1. The summed E-state index contributed by atoms with van der Waals surface area (Å²) in [6.07, 6.45) is 1.57. The maximum Gasteiger partial charge on any atom is 0.136 e. The molecule has 3 N–H and O–H groups in total. The second-order valence-corrected chi connectivity index (χ2v) is 2.75. The van der Waals surface area contributed by atoms with Crippen molar-refractivity contribution in [1.29, 1.82) is 0 Å². The Kier molecular flexibility index (Phi) is 1.70. The fraction of sp³-hybridized carbons (Fsp3) is 0. The molecule has 0 aliphatic heterocycles. The lowest BCUT2D eigenvalue weighted by molar-refractivity contribution is 0.475. The zero-order valence-electron chi connectivity index (χ0n) is 6.90. The molecule has 13 heavy (non-hydrogen) atoms. The minimum Gasteiger partial charge on any atom is -0.508 e. The zero-order valence-corrected chi connectivity index (χ0v) is 6.90. The average Bonchev–Trinajstić information content (AvgIpc) is 2.61. The molecule has 0 saturated carbocycles. The van der Waals surface area contributed by atoms with Gasteiger partial charge >= 0.3 is 0 Å². The number of phenols is 1. The minimum absolute atomic E-state index is 0.181. The smallest absolute Gasteiger partial charge is 0.136 e. The van der Waals surface area contributed by atoms with E-state index in [-0.39, 0.29) is 5.75 Å². The molecule has 1 aromatic carbocycles. The summed E-state index contributed by atoms with van der Waals surface area (Å²) >= 11 is 0. The van der Waals surface area contributed by atoms with Crippen molar-refractivity contribution in [3.05, 3.63) is 36.6 Å². The second kappa shape index (κ2) is 2.86. The standard InChI is InChI=1S/C10H9NO2/c11-9-4-3-7(12)6-8(9)10-2-1-5-13-10/h1-6,12H,11H2. The molecular formula is C10H9NO2. The van der Waals surface area contributed by atoms with Gasteiger partial charge < -0.3 is 15.3 Å². The van der Waals surface area contributed by atoms with Crippen LogP contribution in [0.2, 0.25) is 0 Å². The van der Waals surface area contributed by atoms with Gasteiger partial charge in [0.1, 0.15) is 11.5 Å². The summed E-state index contributed by atoms with van der Waals surface area (Å²) in [5, 5.41) is 9.24. The van der Waals surface area contributed by atoms with Crippen molar-refractivity contribution in [3.8, 4) is 17.1 Å². The van der Waals surface area contributed by atoms with E-state index in [9.17, 15) is 5.11 Å². The lowest BCUT2D eigenvalue weighted by Crippen LogP contribution is -1.87. The largest absolute Gasteiger partial charge is 0.508 e. The van der Waals surface area contributed by atoms with Crippen LogP contribution in [-0.2, 0) is 0 Å². The number of aromatic hydroxyl groups is 1. The monoisotopic (exact) mass is 175 g/mol. The molecule has 0 saturated heterocycles. The van der Waals surface area contributed by atoms with Crippen molar-refractivity contribution in [1.82, 2.24) is 0 Å². The molecule has 0 amide bonds. The van der Waals surface area contributed by atoms with Crippen LogP contribution in [0.3, 0.4) is 0 Å². The third kappa shape index (κ3) is 1.36. The van der Waals surface area contributed by atoms with Crippen LogP contribution in [0.1, 0.15) is 0 Å². The van der Waals surface area contributed by atoms with E-state index in [0.717, 1.165) is 0 Å². The summed E-state index contributed by atoms with van der Waals surface area (Å²) in [6.45, 7) is 0. The average molecular weight is 175 g/mol. The van der Waals surface area contributed by atoms with Crippen LogP contribution in [0, 0.1) is 0 Å². The van der Waals surface area contributed by atoms with E-state index < -0.39 is 0 Å². The van der Waals surface area contributed by atoms with Gasteiger partial charge in [0, 0.05) is 11.3 Å². The van der Waals surface area contributed by atoms with Gasteiger partial charge in [0.05, 0.1) is 6.26 Å². The molecule has 66 valence electrons. The van der Waals surface area contributed by atoms with Gasteiger partial charge in [0.25, 0.3) is 0 Å². The molecule has 1 aromatic heterocycles. The fourth-order valence-corrected chi connectivity index (χ4v) is 1.19. The predicted octanol–water partition coefficient (Wildman–Crippen LogP) is 2.23. The molecule has 0 aliphatic rings. The first-order valence-corrected chi connectivity index (χ1v) is 3.90. The number of hydrogen-bond donors (Lipinski definition) is 2. The molecule has 0 radical (unpaired) electrons. The van der Waals surface area contributed by atoms with Crippen LogP contribution in [0.25, 0.3) is 11.3 Å². The maximum absolute atomic E-state index is 9.24. The Hall–Kier alpha value is -1.90. The summed E-state index contributed by atoms with van der Waals surface area (Å²) in [7, 11) is 0. The summed E-state index contributed by atoms with van der Waals surface area (Å²) in [5.74, 6) is 0.842. The molecule has 0 atom stereocenters. The quantitative estimate of drug-likeness (QED) is 0.516. The van der Waals surface area contributed by atoms with E-state index >= 15 is 0 Å². The molecule has 2 aromatic rings. The van der Waals surface area contributed by atoms with E-state index in [1.54, 1.807) is 36.6 Å². The first-order chi connectivity index (χ1) is 6.27. The number of nitrogens with two attached hydrogens (primary N) is 1. The van der Waals surface area contributed by atoms with Gasteiger partial charge in [-0.1, -0.05) is 0 Å². The maximum atomic E-state index is 9.24. The Bertz CT molecular complexity index is 407. The van der Waals surface area contributed by atoms with Crippen molar-refractivity contribution >= 4 is 5.69 Å². The lowest BCUT2D eigenvalue weighted by Gasteiger charge is -2.02. The highest BCUT2D eigenvalue weighted by molar-refractivity contribution is 5.73. The van der Waals surface area contributed by atoms with Crippen LogP contribution >= 0.6 is 0 Å². The minimum atomic E-state index is 0.181. The molecule has 0 bridgehead atoms. The first kappa shape index (κ1) is 7.73.